The van der Waals surface area contributed by atoms with Crippen molar-refractivity contribution in [2.24, 2.45) is 0 Å². The van der Waals surface area contributed by atoms with E-state index in [1.165, 1.54) is 10.4 Å². The number of hydrogen-bond acceptors (Lipinski definition) is 6. The minimum Gasteiger partial charge on any atom is -0.296 e. The minimum atomic E-state index is 0.0486. The molecule has 0 saturated carbocycles. The van der Waals surface area contributed by atoms with Crippen LogP contribution in [0.4, 0.5) is 0 Å². The van der Waals surface area contributed by atoms with E-state index in [0.717, 1.165) is 52.3 Å². The fourth-order valence-electron chi connectivity index (χ4n) is 4.32. The van der Waals surface area contributed by atoms with Gasteiger partial charge in [-0.3, -0.25) is 14.3 Å². The van der Waals surface area contributed by atoms with Gasteiger partial charge in [0.1, 0.15) is 9.84 Å². The molecule has 0 amide bonds. The third kappa shape index (κ3) is 4.20. The summed E-state index contributed by atoms with van der Waals surface area (Å²) >= 11 is 9.51. The molecule has 160 valence electrons. The van der Waals surface area contributed by atoms with Crippen LogP contribution in [0.2, 0.25) is 5.02 Å². The van der Waals surface area contributed by atoms with Gasteiger partial charge in [0.05, 0.1) is 24.8 Å². The van der Waals surface area contributed by atoms with Gasteiger partial charge in [-0.15, -0.1) is 22.7 Å². The van der Waals surface area contributed by atoms with Crippen LogP contribution < -0.4 is 5.56 Å². The zero-order chi connectivity index (χ0) is 21.5. The first-order valence-corrected chi connectivity index (χ1v) is 12.4. The maximum absolute atomic E-state index is 13.3. The van der Waals surface area contributed by atoms with Crippen LogP contribution in [0.25, 0.3) is 10.2 Å². The molecule has 1 aliphatic carbocycles. The molecular weight excluding hydrogens is 448 g/mol. The number of aryl methyl sites for hydroxylation is 2. The Morgan fingerprint density at radius 2 is 2.23 bits per heavy atom. The van der Waals surface area contributed by atoms with E-state index < -0.39 is 0 Å². The summed E-state index contributed by atoms with van der Waals surface area (Å²) in [6.45, 7) is 3.38. The number of fused-ring (bicyclic) bond motifs is 3. The van der Waals surface area contributed by atoms with E-state index in [1.54, 1.807) is 33.6 Å². The van der Waals surface area contributed by atoms with Crippen LogP contribution in [0.3, 0.4) is 0 Å². The SMILES string of the molecule is Cc1csc(CN(C)C2CCc3c(sc4ncn(Cc5cccc(Cl)c5)c(=O)c34)C2)n1. The molecule has 31 heavy (non-hydrogen) atoms. The lowest BCUT2D eigenvalue weighted by atomic mass is 9.92. The predicted octanol–water partition coefficient (Wildman–Crippen LogP) is 4.91. The number of thiophene rings is 1. The number of rotatable bonds is 5. The average molecular weight is 471 g/mol. The van der Waals surface area contributed by atoms with E-state index >= 15 is 0 Å². The number of nitrogens with zero attached hydrogens (tertiary/aromatic N) is 4. The molecule has 1 atom stereocenters. The van der Waals surface area contributed by atoms with Gasteiger partial charge in [-0.1, -0.05) is 23.7 Å². The summed E-state index contributed by atoms with van der Waals surface area (Å²) in [5.41, 5.74) is 3.34. The van der Waals surface area contributed by atoms with Crippen molar-refractivity contribution in [2.75, 3.05) is 7.05 Å². The van der Waals surface area contributed by atoms with Crippen molar-refractivity contribution < 1.29 is 0 Å². The van der Waals surface area contributed by atoms with Crippen LogP contribution in [0, 0.1) is 6.92 Å². The van der Waals surface area contributed by atoms with Crippen LogP contribution in [0.15, 0.2) is 40.8 Å². The summed E-state index contributed by atoms with van der Waals surface area (Å²) < 4.78 is 1.70. The van der Waals surface area contributed by atoms with E-state index in [-0.39, 0.29) is 5.56 Å². The van der Waals surface area contributed by atoms with Crippen LogP contribution in [0.5, 0.6) is 0 Å². The van der Waals surface area contributed by atoms with Crippen LogP contribution >= 0.6 is 34.3 Å². The second-order valence-electron chi connectivity index (χ2n) is 8.19. The molecule has 0 bridgehead atoms. The highest BCUT2D eigenvalue weighted by Crippen LogP contribution is 2.35. The molecule has 1 aromatic carbocycles. The molecular formula is C23H23ClN4OS2. The van der Waals surface area contributed by atoms with E-state index in [4.69, 9.17) is 11.6 Å². The van der Waals surface area contributed by atoms with Crippen LogP contribution in [0.1, 0.15) is 33.1 Å². The number of halogens is 1. The quantitative estimate of drug-likeness (QED) is 0.415. The summed E-state index contributed by atoms with van der Waals surface area (Å²) in [4.78, 5) is 27.1. The molecule has 5 nitrogen and oxygen atoms in total. The molecule has 0 spiro atoms. The van der Waals surface area contributed by atoms with Crippen molar-refractivity contribution >= 4 is 44.5 Å². The summed E-state index contributed by atoms with van der Waals surface area (Å²) in [6, 6.07) is 8.08. The maximum Gasteiger partial charge on any atom is 0.262 e. The Morgan fingerprint density at radius 1 is 1.35 bits per heavy atom. The van der Waals surface area contributed by atoms with Crippen LogP contribution in [-0.2, 0) is 25.9 Å². The largest absolute Gasteiger partial charge is 0.296 e. The summed E-state index contributed by atoms with van der Waals surface area (Å²) in [7, 11) is 2.18. The maximum atomic E-state index is 13.3. The van der Waals surface area contributed by atoms with E-state index in [1.807, 2.05) is 31.2 Å². The molecule has 4 aromatic rings. The van der Waals surface area contributed by atoms with E-state index in [2.05, 4.69) is 27.3 Å². The van der Waals surface area contributed by atoms with Crippen molar-refractivity contribution in [3.8, 4) is 0 Å². The fourth-order valence-corrected chi connectivity index (χ4v) is 6.62. The highest BCUT2D eigenvalue weighted by molar-refractivity contribution is 7.18. The monoisotopic (exact) mass is 470 g/mol. The highest BCUT2D eigenvalue weighted by Gasteiger charge is 2.27. The minimum absolute atomic E-state index is 0.0486. The van der Waals surface area contributed by atoms with Gasteiger partial charge in [-0.05, 0) is 56.5 Å². The van der Waals surface area contributed by atoms with Gasteiger partial charge in [0.15, 0.2) is 0 Å². The average Bonchev–Trinajstić information content (AvgIpc) is 3.32. The summed E-state index contributed by atoms with van der Waals surface area (Å²) in [5.74, 6) is 0. The highest BCUT2D eigenvalue weighted by atomic mass is 35.5. The normalized spacial score (nSPS) is 16.2. The molecule has 0 aliphatic heterocycles. The van der Waals surface area contributed by atoms with Gasteiger partial charge < -0.3 is 0 Å². The molecule has 3 aromatic heterocycles. The molecule has 5 rings (SSSR count). The number of likely N-dealkylation sites (N-methyl/N-ethyl adjacent to an activating group) is 1. The number of hydrogen-bond donors (Lipinski definition) is 0. The Bertz CT molecular complexity index is 1310. The van der Waals surface area contributed by atoms with Gasteiger partial charge in [0.2, 0.25) is 0 Å². The number of thiazole rings is 1. The first-order valence-electron chi connectivity index (χ1n) is 10.3. The second-order valence-corrected chi connectivity index (χ2v) is 10.6. The Hall–Kier alpha value is -2.06. The lowest BCUT2D eigenvalue weighted by Gasteiger charge is -2.30. The zero-order valence-corrected chi connectivity index (χ0v) is 19.9. The van der Waals surface area contributed by atoms with Gasteiger partial charge in [0, 0.05) is 27.0 Å². The Kier molecular flexibility index (Phi) is 5.69. The molecule has 8 heteroatoms. The van der Waals surface area contributed by atoms with Gasteiger partial charge in [-0.25, -0.2) is 9.97 Å². The predicted molar refractivity (Wildman–Crippen MR) is 129 cm³/mol. The van der Waals surface area contributed by atoms with Crippen molar-refractivity contribution in [1.82, 2.24) is 19.4 Å². The molecule has 0 N–H and O–H groups in total. The number of aromatic nitrogens is 3. The molecule has 0 radical (unpaired) electrons. The van der Waals surface area contributed by atoms with Crippen molar-refractivity contribution in [3.05, 3.63) is 78.1 Å². The molecule has 1 aliphatic rings. The molecule has 0 fully saturated rings. The lowest BCUT2D eigenvalue weighted by Crippen LogP contribution is -2.35. The second kappa shape index (κ2) is 8.47. The van der Waals surface area contributed by atoms with Crippen LogP contribution in [-0.4, -0.2) is 32.5 Å². The first kappa shape index (κ1) is 20.8. The molecule has 0 saturated heterocycles. The molecule has 3 heterocycles. The molecule has 1 unspecified atom stereocenters. The van der Waals surface area contributed by atoms with Gasteiger partial charge in [-0.2, -0.15) is 0 Å². The zero-order valence-electron chi connectivity index (χ0n) is 17.5. The van der Waals surface area contributed by atoms with Crippen molar-refractivity contribution in [1.29, 1.82) is 0 Å². The van der Waals surface area contributed by atoms with Crippen molar-refractivity contribution in [2.45, 2.75) is 45.3 Å². The third-order valence-electron chi connectivity index (χ3n) is 5.93. The van der Waals surface area contributed by atoms with E-state index in [0.29, 0.717) is 17.6 Å². The van der Waals surface area contributed by atoms with Gasteiger partial charge >= 0.3 is 0 Å². The Morgan fingerprint density at radius 3 is 3.00 bits per heavy atom. The number of benzene rings is 1. The van der Waals surface area contributed by atoms with E-state index in [9.17, 15) is 4.79 Å². The summed E-state index contributed by atoms with van der Waals surface area (Å²) in [5, 5.41) is 4.75. The van der Waals surface area contributed by atoms with Crippen molar-refractivity contribution in [3.63, 3.8) is 0 Å². The Balaban J connectivity index is 1.40. The summed E-state index contributed by atoms with van der Waals surface area (Å²) in [6.07, 6.45) is 4.59. The lowest BCUT2D eigenvalue weighted by molar-refractivity contribution is 0.215. The standard InChI is InChI=1S/C23H23ClN4OS2/c1-14-12-30-20(26-14)11-27(2)17-6-7-18-19(9-17)31-22-21(18)23(29)28(13-25-22)10-15-4-3-5-16(24)8-15/h3-5,8,12-13,17H,6-7,9-11H2,1-2H3. The van der Waals surface area contributed by atoms with Gasteiger partial charge in [0.25, 0.3) is 5.56 Å². The Labute approximate surface area is 194 Å². The first-order chi connectivity index (χ1) is 15.0. The fraction of sp³-hybridized carbons (Fsp3) is 0.348. The topological polar surface area (TPSA) is 51.0 Å². The third-order valence-corrected chi connectivity index (χ3v) is 8.28. The smallest absolute Gasteiger partial charge is 0.262 e.